The first kappa shape index (κ1) is 36.9. The molecule has 0 unspecified atom stereocenters. The maximum absolute atomic E-state index is 5.25. The van der Waals surface area contributed by atoms with Crippen molar-refractivity contribution in [1.82, 2.24) is 19.9 Å². The third kappa shape index (κ3) is 12.8. The van der Waals surface area contributed by atoms with Crippen LogP contribution in [-0.4, -0.2) is 36.1 Å². The first-order valence-corrected chi connectivity index (χ1v) is 19.8. The summed E-state index contributed by atoms with van der Waals surface area (Å²) in [6.45, 7) is 13.4. The summed E-state index contributed by atoms with van der Waals surface area (Å²) >= 11 is 0. The molecule has 4 rings (SSSR count). The summed E-state index contributed by atoms with van der Waals surface area (Å²) in [5.41, 5.74) is 13.4. The Morgan fingerprint density at radius 2 is 0.738 bits per heavy atom. The van der Waals surface area contributed by atoms with Gasteiger partial charge in [0.25, 0.3) is 0 Å². The van der Waals surface area contributed by atoms with Crippen LogP contribution in [0.2, 0.25) is 39.3 Å². The molecule has 4 aromatic heterocycles. The number of terminal acetylenes is 2. The normalized spacial score (nSPS) is 9.81. The van der Waals surface area contributed by atoms with Gasteiger partial charge >= 0.3 is 51.4 Å². The summed E-state index contributed by atoms with van der Waals surface area (Å²) in [7, 11) is -2.71. The molecule has 0 atom stereocenters. The molecule has 4 nitrogen and oxygen atoms in total. The molecule has 0 saturated heterocycles. The van der Waals surface area contributed by atoms with Crippen LogP contribution in [0.3, 0.4) is 0 Å². The second kappa shape index (κ2) is 17.1. The molecule has 0 radical (unpaired) electrons. The van der Waals surface area contributed by atoms with Crippen LogP contribution in [0.1, 0.15) is 22.3 Å². The first-order valence-electron chi connectivity index (χ1n) is 12.8. The second-order valence-corrected chi connectivity index (χ2v) is 20.5. The van der Waals surface area contributed by atoms with E-state index in [0.717, 1.165) is 45.0 Å². The van der Waals surface area contributed by atoms with Gasteiger partial charge in [-0.15, -0.1) is 23.9 Å². The van der Waals surface area contributed by atoms with Crippen LogP contribution < -0.4 is 56.1 Å². The van der Waals surface area contributed by atoms with E-state index >= 15 is 0 Å². The van der Waals surface area contributed by atoms with Gasteiger partial charge in [0.1, 0.15) is 16.1 Å². The van der Waals surface area contributed by atoms with Gasteiger partial charge in [-0.25, -0.2) is 0 Å². The maximum atomic E-state index is 5.25. The van der Waals surface area contributed by atoms with E-state index in [0.29, 0.717) is 0 Å². The molecule has 0 aromatic carbocycles. The smallest absolute Gasteiger partial charge is 1.00 e. The zero-order valence-corrected chi connectivity index (χ0v) is 30.4. The van der Waals surface area contributed by atoms with E-state index in [1.807, 2.05) is 60.9 Å². The number of aromatic nitrogens is 4. The Morgan fingerprint density at radius 1 is 0.476 bits per heavy atom. The van der Waals surface area contributed by atoms with E-state index in [1.165, 1.54) is 0 Å². The van der Waals surface area contributed by atoms with E-state index in [9.17, 15) is 0 Å². The number of halogens is 1. The Bertz CT molecular complexity index is 1520. The van der Waals surface area contributed by atoms with Crippen molar-refractivity contribution >= 4 is 16.1 Å². The fourth-order valence-electron chi connectivity index (χ4n) is 3.02. The predicted molar refractivity (Wildman–Crippen MR) is 171 cm³/mol. The van der Waals surface area contributed by atoms with Crippen LogP contribution in [0.15, 0.2) is 73.3 Å². The molecule has 0 amide bonds. The molecular formula is C34H32FKN4Si2. The number of nitrogens with zero attached hydrogens (tertiary/aromatic N) is 4. The minimum atomic E-state index is -1.36. The summed E-state index contributed by atoms with van der Waals surface area (Å²) in [4.78, 5) is 17.4. The zero-order valence-electron chi connectivity index (χ0n) is 25.2. The quantitative estimate of drug-likeness (QED) is 0.248. The standard InChI is InChI=1S/C20H24N2Si2.C14H8N2.FH.K/c1-23(2,3)13-11-17-7-9-19(21-15-17)20-10-8-18(16-22-20)12-14-24(4,5)6;1-3-11-5-7-13(15-9-11)14-8-6-12(4-2)10-16-14;;/h7-10,15-16H,1-6H3;1-2,5-10H;1H;/q;;;+1/p-1. The summed E-state index contributed by atoms with van der Waals surface area (Å²) in [5.74, 6) is 11.5. The minimum Gasteiger partial charge on any atom is -1.00 e. The Kier molecular flexibility index (Phi) is 15.0. The van der Waals surface area contributed by atoms with Gasteiger partial charge in [-0.1, -0.05) is 63.0 Å². The third-order valence-corrected chi connectivity index (χ3v) is 6.83. The molecule has 0 N–H and O–H groups in total. The summed E-state index contributed by atoms with van der Waals surface area (Å²) in [6, 6.07) is 15.3. The molecule has 42 heavy (non-hydrogen) atoms. The van der Waals surface area contributed by atoms with E-state index in [4.69, 9.17) is 12.8 Å². The largest absolute Gasteiger partial charge is 1.00 e. The van der Waals surface area contributed by atoms with E-state index in [2.05, 4.69) is 94.0 Å². The second-order valence-electron chi connectivity index (χ2n) is 11.0. The Labute approximate surface area is 294 Å². The van der Waals surface area contributed by atoms with Crippen molar-refractivity contribution in [2.45, 2.75) is 39.3 Å². The minimum absolute atomic E-state index is 0. The van der Waals surface area contributed by atoms with Gasteiger partial charge in [0, 0.05) is 47.0 Å². The maximum Gasteiger partial charge on any atom is 1.00 e. The number of rotatable bonds is 2. The molecular weight excluding hydrogens is 579 g/mol. The van der Waals surface area contributed by atoms with Crippen molar-refractivity contribution in [3.05, 3.63) is 95.6 Å². The Balaban J connectivity index is 0.000000429. The van der Waals surface area contributed by atoms with Gasteiger partial charge in [-0.2, -0.15) is 0 Å². The molecule has 0 spiro atoms. The number of hydrogen-bond acceptors (Lipinski definition) is 4. The third-order valence-electron chi connectivity index (χ3n) is 5.08. The Morgan fingerprint density at radius 3 is 0.929 bits per heavy atom. The average Bonchev–Trinajstić information content (AvgIpc) is 2.95. The van der Waals surface area contributed by atoms with Gasteiger partial charge in [0.15, 0.2) is 0 Å². The van der Waals surface area contributed by atoms with E-state index in [1.54, 1.807) is 12.4 Å². The molecule has 204 valence electrons. The average molecular weight is 611 g/mol. The van der Waals surface area contributed by atoms with Crippen molar-refractivity contribution in [2.75, 3.05) is 0 Å². The molecule has 0 aliphatic carbocycles. The Hall–Kier alpha value is -3.16. The van der Waals surface area contributed by atoms with Crippen LogP contribution >= 0.6 is 0 Å². The molecule has 4 heterocycles. The fourth-order valence-corrected chi connectivity index (χ4v) is 4.06. The van der Waals surface area contributed by atoms with Gasteiger partial charge in [-0.3, -0.25) is 19.9 Å². The first-order chi connectivity index (χ1) is 19.0. The summed E-state index contributed by atoms with van der Waals surface area (Å²) in [6.07, 6.45) is 17.4. The monoisotopic (exact) mass is 610 g/mol. The van der Waals surface area contributed by atoms with Gasteiger partial charge in [0.2, 0.25) is 0 Å². The molecule has 0 aliphatic heterocycles. The van der Waals surface area contributed by atoms with Crippen molar-refractivity contribution < 1.29 is 56.1 Å². The molecule has 0 bridgehead atoms. The molecule has 4 aromatic rings. The summed E-state index contributed by atoms with van der Waals surface area (Å²) < 4.78 is 0. The fraction of sp³-hybridized carbons (Fsp3) is 0.176. The van der Waals surface area contributed by atoms with Gasteiger partial charge in [0.05, 0.1) is 22.8 Å². The summed E-state index contributed by atoms with van der Waals surface area (Å²) in [5, 5.41) is 0. The predicted octanol–water partition coefficient (Wildman–Crippen LogP) is 0.716. The van der Waals surface area contributed by atoms with Gasteiger partial charge < -0.3 is 4.70 Å². The van der Waals surface area contributed by atoms with Crippen LogP contribution in [0.4, 0.5) is 0 Å². The zero-order chi connectivity index (χ0) is 29.2. The molecule has 0 aliphatic rings. The van der Waals surface area contributed by atoms with Crippen molar-refractivity contribution in [3.63, 3.8) is 0 Å². The van der Waals surface area contributed by atoms with Crippen molar-refractivity contribution in [1.29, 1.82) is 0 Å². The van der Waals surface area contributed by atoms with Crippen molar-refractivity contribution in [3.8, 4) is 70.4 Å². The van der Waals surface area contributed by atoms with E-state index in [-0.39, 0.29) is 56.1 Å². The van der Waals surface area contributed by atoms with Crippen LogP contribution in [0.25, 0.3) is 22.8 Å². The van der Waals surface area contributed by atoms with Crippen LogP contribution in [0, 0.1) is 47.6 Å². The number of hydrogen-bond donors (Lipinski definition) is 0. The van der Waals surface area contributed by atoms with Crippen LogP contribution in [0.5, 0.6) is 0 Å². The van der Waals surface area contributed by atoms with Crippen LogP contribution in [-0.2, 0) is 0 Å². The van der Waals surface area contributed by atoms with E-state index < -0.39 is 16.1 Å². The molecule has 0 fully saturated rings. The molecule has 8 heteroatoms. The molecule has 0 saturated carbocycles. The van der Waals surface area contributed by atoms with Crippen molar-refractivity contribution in [2.24, 2.45) is 0 Å². The van der Waals surface area contributed by atoms with Gasteiger partial charge in [-0.05, 0) is 48.5 Å². The SMILES string of the molecule is C#Cc1ccc(-c2ccc(C#C)cn2)nc1.C[Si](C)(C)C#Cc1ccc(-c2ccc(C#C[Si](C)(C)C)cn2)nc1.[F-].[K+]. The number of pyridine rings is 4. The topological polar surface area (TPSA) is 51.6 Å².